The van der Waals surface area contributed by atoms with Crippen molar-refractivity contribution in [3.8, 4) is 11.6 Å². The largest absolute Gasteiger partial charge is 0.437 e. The molecule has 7 heteroatoms. The zero-order chi connectivity index (χ0) is 12.3. The van der Waals surface area contributed by atoms with E-state index in [1.807, 2.05) is 12.1 Å². The molecule has 2 aromatic rings. The summed E-state index contributed by atoms with van der Waals surface area (Å²) in [7, 11) is 0. The molecule has 17 heavy (non-hydrogen) atoms. The highest BCUT2D eigenvalue weighted by atomic mass is 79.9. The molecule has 0 aliphatic carbocycles. The molecule has 5 nitrogen and oxygen atoms in total. The van der Waals surface area contributed by atoms with Crippen LogP contribution in [0.4, 0.5) is 5.95 Å². The molecule has 3 N–H and O–H groups in total. The number of nitrogens with zero attached hydrogens (tertiary/aromatic N) is 2. The van der Waals surface area contributed by atoms with Crippen LogP contribution in [0.3, 0.4) is 0 Å². The molecule has 1 aromatic heterocycles. The van der Waals surface area contributed by atoms with Gasteiger partial charge in [0.25, 0.3) is 0 Å². The summed E-state index contributed by atoms with van der Waals surface area (Å²) in [5.41, 5.74) is 2.32. The summed E-state index contributed by atoms with van der Waals surface area (Å²) in [5, 5.41) is 0.312. The molecule has 0 spiro atoms. The van der Waals surface area contributed by atoms with Crippen molar-refractivity contribution in [1.82, 2.24) is 9.97 Å². The van der Waals surface area contributed by atoms with Gasteiger partial charge in [-0.2, -0.15) is 4.98 Å². The first-order chi connectivity index (χ1) is 8.19. The fourth-order valence-corrected chi connectivity index (χ4v) is 1.50. The number of aromatic nitrogens is 2. The molecule has 2 rings (SSSR count). The molecule has 0 saturated carbocycles. The molecule has 0 saturated heterocycles. The second-order valence-corrected chi connectivity index (χ2v) is 4.37. The third kappa shape index (κ3) is 3.06. The van der Waals surface area contributed by atoms with E-state index < -0.39 is 0 Å². The van der Waals surface area contributed by atoms with Gasteiger partial charge in [-0.1, -0.05) is 27.5 Å². The van der Waals surface area contributed by atoms with Gasteiger partial charge in [-0.3, -0.25) is 5.43 Å². The summed E-state index contributed by atoms with van der Waals surface area (Å²) in [5.74, 6) is 6.31. The third-order valence-electron chi connectivity index (χ3n) is 1.87. The van der Waals surface area contributed by atoms with E-state index in [1.165, 1.54) is 6.20 Å². The van der Waals surface area contributed by atoms with Crippen molar-refractivity contribution in [3.05, 3.63) is 40.0 Å². The van der Waals surface area contributed by atoms with E-state index in [-0.39, 0.29) is 11.8 Å². The van der Waals surface area contributed by atoms with Crippen molar-refractivity contribution in [3.63, 3.8) is 0 Å². The summed E-state index contributed by atoms with van der Waals surface area (Å²) in [6.45, 7) is 0. The number of anilines is 1. The monoisotopic (exact) mass is 314 g/mol. The van der Waals surface area contributed by atoms with E-state index in [9.17, 15) is 0 Å². The number of nitrogens with one attached hydrogen (secondary N) is 1. The first kappa shape index (κ1) is 12.1. The van der Waals surface area contributed by atoms with E-state index in [4.69, 9.17) is 22.2 Å². The molecule has 0 aliphatic rings. The Morgan fingerprint density at radius 3 is 2.65 bits per heavy atom. The Hall–Kier alpha value is -1.37. The van der Waals surface area contributed by atoms with E-state index in [2.05, 4.69) is 31.3 Å². The Bertz CT molecular complexity index is 520. The lowest BCUT2D eigenvalue weighted by Crippen LogP contribution is -2.10. The lowest BCUT2D eigenvalue weighted by atomic mass is 10.3. The summed E-state index contributed by atoms with van der Waals surface area (Å²) in [4.78, 5) is 7.84. The summed E-state index contributed by atoms with van der Waals surface area (Å²) < 4.78 is 6.47. The number of rotatable bonds is 3. The van der Waals surface area contributed by atoms with Crippen LogP contribution in [-0.4, -0.2) is 9.97 Å². The lowest BCUT2D eigenvalue weighted by molar-refractivity contribution is 0.462. The van der Waals surface area contributed by atoms with Crippen molar-refractivity contribution in [2.24, 2.45) is 5.84 Å². The SMILES string of the molecule is NNc1ncc(Cl)c(Oc2ccc(Br)cc2)n1. The Morgan fingerprint density at radius 1 is 1.29 bits per heavy atom. The highest BCUT2D eigenvalue weighted by Gasteiger charge is 2.07. The van der Waals surface area contributed by atoms with Gasteiger partial charge in [0, 0.05) is 4.47 Å². The first-order valence-corrected chi connectivity index (χ1v) is 5.78. The molecule has 1 aromatic carbocycles. The summed E-state index contributed by atoms with van der Waals surface area (Å²) in [6, 6.07) is 7.29. The number of hydrazine groups is 1. The topological polar surface area (TPSA) is 73.1 Å². The van der Waals surface area contributed by atoms with Gasteiger partial charge < -0.3 is 4.74 Å². The molecule has 0 aliphatic heterocycles. The quantitative estimate of drug-likeness (QED) is 0.673. The molecule has 0 bridgehead atoms. The highest BCUT2D eigenvalue weighted by Crippen LogP contribution is 2.28. The van der Waals surface area contributed by atoms with Crippen LogP contribution in [0.1, 0.15) is 0 Å². The number of hydrogen-bond acceptors (Lipinski definition) is 5. The van der Waals surface area contributed by atoms with Crippen LogP contribution in [0.25, 0.3) is 0 Å². The molecule has 88 valence electrons. The van der Waals surface area contributed by atoms with Crippen LogP contribution in [0.5, 0.6) is 11.6 Å². The van der Waals surface area contributed by atoms with Gasteiger partial charge in [-0.15, -0.1) is 0 Å². The number of halogens is 2. The number of benzene rings is 1. The molecule has 0 radical (unpaired) electrons. The van der Waals surface area contributed by atoms with Gasteiger partial charge in [0.2, 0.25) is 11.8 Å². The van der Waals surface area contributed by atoms with Crippen LogP contribution in [0.15, 0.2) is 34.9 Å². The number of ether oxygens (including phenoxy) is 1. The molecular weight excluding hydrogens is 307 g/mol. The fraction of sp³-hybridized carbons (Fsp3) is 0. The molecular formula is C10H8BrClN4O. The Balaban J connectivity index is 2.25. The van der Waals surface area contributed by atoms with E-state index in [1.54, 1.807) is 12.1 Å². The van der Waals surface area contributed by atoms with E-state index >= 15 is 0 Å². The third-order valence-corrected chi connectivity index (χ3v) is 2.66. The second kappa shape index (κ2) is 5.31. The number of hydrogen-bond donors (Lipinski definition) is 2. The first-order valence-electron chi connectivity index (χ1n) is 4.61. The van der Waals surface area contributed by atoms with Crippen molar-refractivity contribution in [2.45, 2.75) is 0 Å². The average molecular weight is 316 g/mol. The number of nitrogens with two attached hydrogens (primary N) is 1. The normalized spacial score (nSPS) is 10.1. The molecule has 0 unspecified atom stereocenters. The summed E-state index contributed by atoms with van der Waals surface area (Å²) >= 11 is 9.24. The van der Waals surface area contributed by atoms with Crippen molar-refractivity contribution < 1.29 is 4.74 Å². The van der Waals surface area contributed by atoms with Crippen LogP contribution in [0, 0.1) is 0 Å². The molecule has 0 amide bonds. The molecule has 0 fully saturated rings. The maximum atomic E-state index is 5.91. The fourth-order valence-electron chi connectivity index (χ4n) is 1.11. The Morgan fingerprint density at radius 2 is 2.00 bits per heavy atom. The van der Waals surface area contributed by atoms with Crippen molar-refractivity contribution >= 4 is 33.5 Å². The highest BCUT2D eigenvalue weighted by molar-refractivity contribution is 9.10. The van der Waals surface area contributed by atoms with Crippen LogP contribution in [-0.2, 0) is 0 Å². The average Bonchev–Trinajstić information content (AvgIpc) is 2.35. The zero-order valence-electron chi connectivity index (χ0n) is 8.52. The Kier molecular flexibility index (Phi) is 3.78. The summed E-state index contributed by atoms with van der Waals surface area (Å²) in [6.07, 6.45) is 1.41. The van der Waals surface area contributed by atoms with Gasteiger partial charge in [0.1, 0.15) is 10.8 Å². The van der Waals surface area contributed by atoms with E-state index in [0.717, 1.165) is 4.47 Å². The van der Waals surface area contributed by atoms with Crippen LogP contribution < -0.4 is 16.0 Å². The smallest absolute Gasteiger partial charge is 0.243 e. The van der Waals surface area contributed by atoms with Gasteiger partial charge >= 0.3 is 0 Å². The molecule has 1 heterocycles. The predicted octanol–water partition coefficient (Wildman–Crippen LogP) is 2.97. The second-order valence-electron chi connectivity index (χ2n) is 3.05. The standard InChI is InChI=1S/C10H8BrClN4O/c11-6-1-3-7(4-2-6)17-9-8(12)5-14-10(15-9)16-13/h1-5H,13H2,(H,14,15,16). The van der Waals surface area contributed by atoms with Gasteiger partial charge in [0.15, 0.2) is 0 Å². The van der Waals surface area contributed by atoms with Gasteiger partial charge in [0.05, 0.1) is 6.20 Å². The lowest BCUT2D eigenvalue weighted by Gasteiger charge is -2.07. The zero-order valence-corrected chi connectivity index (χ0v) is 10.9. The van der Waals surface area contributed by atoms with Crippen LogP contribution >= 0.6 is 27.5 Å². The maximum absolute atomic E-state index is 5.91. The number of nitrogen functional groups attached to an aromatic ring is 1. The van der Waals surface area contributed by atoms with Crippen LogP contribution in [0.2, 0.25) is 5.02 Å². The van der Waals surface area contributed by atoms with Gasteiger partial charge in [-0.25, -0.2) is 10.8 Å². The predicted molar refractivity (Wildman–Crippen MR) is 69.1 cm³/mol. The van der Waals surface area contributed by atoms with E-state index in [0.29, 0.717) is 10.8 Å². The van der Waals surface area contributed by atoms with Gasteiger partial charge in [-0.05, 0) is 24.3 Å². The van der Waals surface area contributed by atoms with Crippen molar-refractivity contribution in [1.29, 1.82) is 0 Å². The minimum absolute atomic E-state index is 0.238. The maximum Gasteiger partial charge on any atom is 0.243 e. The molecule has 0 atom stereocenters. The minimum atomic E-state index is 0.238. The van der Waals surface area contributed by atoms with Crippen molar-refractivity contribution in [2.75, 3.05) is 5.43 Å². The Labute approximate surface area is 111 Å². The minimum Gasteiger partial charge on any atom is -0.437 e.